The van der Waals surface area contributed by atoms with Gasteiger partial charge in [-0.1, -0.05) is 31.2 Å². The Bertz CT molecular complexity index is 681. The summed E-state index contributed by atoms with van der Waals surface area (Å²) in [6.07, 6.45) is 2.53. The largest absolute Gasteiger partial charge is 0.493 e. The van der Waals surface area contributed by atoms with Crippen LogP contribution in [-0.2, 0) is 11.2 Å². The summed E-state index contributed by atoms with van der Waals surface area (Å²) < 4.78 is 10.9. The number of rotatable bonds is 8. The first-order valence-corrected chi connectivity index (χ1v) is 7.98. The molecule has 1 N–H and O–H groups in total. The van der Waals surface area contributed by atoms with Gasteiger partial charge in [0.05, 0.1) is 12.8 Å². The van der Waals surface area contributed by atoms with Gasteiger partial charge in [0.15, 0.2) is 6.61 Å². The van der Waals surface area contributed by atoms with E-state index in [0.29, 0.717) is 12.4 Å². The van der Waals surface area contributed by atoms with Gasteiger partial charge >= 0.3 is 0 Å². The summed E-state index contributed by atoms with van der Waals surface area (Å²) in [6.45, 7) is 4.49. The number of amides is 1. The molecular weight excluding hydrogens is 304 g/mol. The maximum absolute atomic E-state index is 11.8. The second kappa shape index (κ2) is 9.35. The Morgan fingerprint density at radius 2 is 1.83 bits per heavy atom. The number of hydrazone groups is 1. The van der Waals surface area contributed by atoms with Crippen LogP contribution in [0.15, 0.2) is 53.6 Å². The lowest BCUT2D eigenvalue weighted by Gasteiger charge is -2.07. The molecule has 0 spiro atoms. The molecule has 5 heteroatoms. The zero-order chi connectivity index (χ0) is 17.2. The van der Waals surface area contributed by atoms with Crippen molar-refractivity contribution >= 4 is 12.1 Å². The number of benzene rings is 2. The van der Waals surface area contributed by atoms with E-state index in [-0.39, 0.29) is 12.5 Å². The molecule has 2 aromatic rings. The van der Waals surface area contributed by atoms with E-state index in [1.54, 1.807) is 6.21 Å². The molecule has 2 rings (SSSR count). The number of ether oxygens (including phenoxy) is 2. The van der Waals surface area contributed by atoms with Crippen molar-refractivity contribution in [3.8, 4) is 11.5 Å². The molecular formula is C19H22N2O3. The van der Waals surface area contributed by atoms with Gasteiger partial charge in [-0.3, -0.25) is 4.79 Å². The standard InChI is InChI=1S/C19H22N2O3/c1-3-15-9-11-17(12-10-15)24-14-19(22)21-20-13-16-7-5-6-8-18(16)23-4-2/h5-13H,3-4,14H2,1-2H3,(H,21,22)/b20-13-. The van der Waals surface area contributed by atoms with E-state index >= 15 is 0 Å². The Morgan fingerprint density at radius 3 is 2.54 bits per heavy atom. The SMILES string of the molecule is CCOc1ccccc1/C=N\NC(=O)COc1ccc(CC)cc1. The average Bonchev–Trinajstić information content (AvgIpc) is 2.62. The van der Waals surface area contributed by atoms with E-state index in [2.05, 4.69) is 17.5 Å². The normalized spacial score (nSPS) is 10.6. The lowest BCUT2D eigenvalue weighted by Crippen LogP contribution is -2.24. The predicted molar refractivity (Wildman–Crippen MR) is 94.7 cm³/mol. The lowest BCUT2D eigenvalue weighted by molar-refractivity contribution is -0.123. The molecule has 0 aromatic heterocycles. The first kappa shape index (κ1) is 17.5. The van der Waals surface area contributed by atoms with Gasteiger partial charge < -0.3 is 9.47 Å². The smallest absolute Gasteiger partial charge is 0.277 e. The topological polar surface area (TPSA) is 59.9 Å². The molecule has 0 bridgehead atoms. The maximum Gasteiger partial charge on any atom is 0.277 e. The van der Waals surface area contributed by atoms with E-state index in [1.165, 1.54) is 5.56 Å². The van der Waals surface area contributed by atoms with Crippen LogP contribution in [0.5, 0.6) is 11.5 Å². The summed E-state index contributed by atoms with van der Waals surface area (Å²) in [7, 11) is 0. The van der Waals surface area contributed by atoms with Crippen molar-refractivity contribution in [2.45, 2.75) is 20.3 Å². The van der Waals surface area contributed by atoms with Gasteiger partial charge in [-0.2, -0.15) is 5.10 Å². The van der Waals surface area contributed by atoms with Crippen molar-refractivity contribution in [2.75, 3.05) is 13.2 Å². The number of hydrogen-bond donors (Lipinski definition) is 1. The fourth-order valence-corrected chi connectivity index (χ4v) is 2.05. The Morgan fingerprint density at radius 1 is 1.08 bits per heavy atom. The van der Waals surface area contributed by atoms with Crippen molar-refractivity contribution in [2.24, 2.45) is 5.10 Å². The summed E-state index contributed by atoms with van der Waals surface area (Å²) in [5.74, 6) is 1.07. The Kier molecular flexibility index (Phi) is 6.83. The minimum absolute atomic E-state index is 0.0874. The van der Waals surface area contributed by atoms with E-state index in [9.17, 15) is 4.79 Å². The molecule has 0 saturated carbocycles. The number of carbonyl (C=O) groups excluding carboxylic acids is 1. The molecule has 0 saturated heterocycles. The molecule has 0 fully saturated rings. The van der Waals surface area contributed by atoms with E-state index in [4.69, 9.17) is 9.47 Å². The van der Waals surface area contributed by atoms with Crippen molar-refractivity contribution in [1.82, 2.24) is 5.43 Å². The highest BCUT2D eigenvalue weighted by atomic mass is 16.5. The Labute approximate surface area is 142 Å². The maximum atomic E-state index is 11.8. The minimum Gasteiger partial charge on any atom is -0.493 e. The molecule has 1 amide bonds. The third-order valence-electron chi connectivity index (χ3n) is 3.31. The third-order valence-corrected chi connectivity index (χ3v) is 3.31. The van der Waals surface area contributed by atoms with Crippen molar-refractivity contribution in [3.63, 3.8) is 0 Å². The van der Waals surface area contributed by atoms with Gasteiger partial charge in [0.1, 0.15) is 11.5 Å². The molecule has 5 nitrogen and oxygen atoms in total. The second-order valence-corrected chi connectivity index (χ2v) is 5.05. The highest BCUT2D eigenvalue weighted by Crippen LogP contribution is 2.15. The molecule has 0 unspecified atom stereocenters. The number of aryl methyl sites for hydroxylation is 1. The number of para-hydroxylation sites is 1. The highest BCUT2D eigenvalue weighted by Gasteiger charge is 2.02. The Hall–Kier alpha value is -2.82. The van der Waals surface area contributed by atoms with Gasteiger partial charge in [-0.25, -0.2) is 5.43 Å². The predicted octanol–water partition coefficient (Wildman–Crippen LogP) is 3.18. The number of nitrogens with zero attached hydrogens (tertiary/aromatic N) is 1. The van der Waals surface area contributed by atoms with Gasteiger partial charge in [0.25, 0.3) is 5.91 Å². The number of nitrogens with one attached hydrogen (secondary N) is 1. The van der Waals surface area contributed by atoms with Gasteiger partial charge in [-0.05, 0) is 43.2 Å². The van der Waals surface area contributed by atoms with Crippen LogP contribution >= 0.6 is 0 Å². The fourth-order valence-electron chi connectivity index (χ4n) is 2.05. The molecule has 0 heterocycles. The highest BCUT2D eigenvalue weighted by molar-refractivity contribution is 5.85. The molecule has 24 heavy (non-hydrogen) atoms. The van der Waals surface area contributed by atoms with Crippen LogP contribution in [0.2, 0.25) is 0 Å². The van der Waals surface area contributed by atoms with Crippen LogP contribution in [0.1, 0.15) is 25.0 Å². The zero-order valence-corrected chi connectivity index (χ0v) is 14.0. The number of hydrogen-bond acceptors (Lipinski definition) is 4. The Balaban J connectivity index is 1.82. The van der Waals surface area contributed by atoms with Crippen molar-refractivity contribution < 1.29 is 14.3 Å². The molecule has 0 aliphatic rings. The van der Waals surface area contributed by atoms with Crippen LogP contribution in [0.25, 0.3) is 0 Å². The fraction of sp³-hybridized carbons (Fsp3) is 0.263. The first-order chi connectivity index (χ1) is 11.7. The van der Waals surface area contributed by atoms with Gasteiger partial charge in [-0.15, -0.1) is 0 Å². The van der Waals surface area contributed by atoms with E-state index < -0.39 is 0 Å². The average molecular weight is 326 g/mol. The molecule has 0 aliphatic heterocycles. The minimum atomic E-state index is -0.320. The quantitative estimate of drug-likeness (QED) is 0.599. The molecule has 0 radical (unpaired) electrons. The second-order valence-electron chi connectivity index (χ2n) is 5.05. The van der Waals surface area contributed by atoms with Crippen molar-refractivity contribution in [1.29, 1.82) is 0 Å². The van der Waals surface area contributed by atoms with E-state index in [0.717, 1.165) is 17.7 Å². The summed E-state index contributed by atoms with van der Waals surface area (Å²) in [5, 5.41) is 3.94. The molecule has 126 valence electrons. The molecule has 0 aliphatic carbocycles. The van der Waals surface area contributed by atoms with Crippen molar-refractivity contribution in [3.05, 3.63) is 59.7 Å². The van der Waals surface area contributed by atoms with Crippen LogP contribution in [0, 0.1) is 0 Å². The monoisotopic (exact) mass is 326 g/mol. The summed E-state index contributed by atoms with van der Waals surface area (Å²) in [4.78, 5) is 11.8. The first-order valence-electron chi connectivity index (χ1n) is 7.98. The van der Waals surface area contributed by atoms with Gasteiger partial charge in [0, 0.05) is 5.56 Å². The van der Waals surface area contributed by atoms with Crippen LogP contribution < -0.4 is 14.9 Å². The van der Waals surface area contributed by atoms with E-state index in [1.807, 2.05) is 55.5 Å². The summed E-state index contributed by atoms with van der Waals surface area (Å²) in [5.41, 5.74) is 4.47. The lowest BCUT2D eigenvalue weighted by atomic mass is 10.2. The van der Waals surface area contributed by atoms with Crippen LogP contribution in [0.3, 0.4) is 0 Å². The van der Waals surface area contributed by atoms with Gasteiger partial charge in [0.2, 0.25) is 0 Å². The number of carbonyl (C=O) groups is 1. The molecule has 0 atom stereocenters. The van der Waals surface area contributed by atoms with Crippen LogP contribution in [-0.4, -0.2) is 25.3 Å². The van der Waals surface area contributed by atoms with Crippen LogP contribution in [0.4, 0.5) is 0 Å². The summed E-state index contributed by atoms with van der Waals surface area (Å²) in [6, 6.07) is 15.2. The summed E-state index contributed by atoms with van der Waals surface area (Å²) >= 11 is 0. The third kappa shape index (κ3) is 5.43. The zero-order valence-electron chi connectivity index (χ0n) is 14.0. The molecule has 2 aromatic carbocycles.